The molecular formula is C40H38ClNO3Si. The quantitative estimate of drug-likeness (QED) is 0.152. The van der Waals surface area contributed by atoms with Crippen molar-refractivity contribution in [3.63, 3.8) is 0 Å². The minimum atomic E-state index is -2.69. The third-order valence-corrected chi connectivity index (χ3v) is 13.6. The standard InChI is InChI=1S/C40H38ClNO3Si/c1-40(2,3)46(36-16-6-4-7-17-36,37-18-8-5-9-19-37)45-27-29-12-10-13-31(24-29)39(43)32-14-11-15-35(25-32)44-28-34-23-21-30-20-22-33(41)26-38(30)42-34/h4-26,39,43H,27-28H2,1-3H3. The first-order valence-electron chi connectivity index (χ1n) is 15.5. The average Bonchev–Trinajstić information content (AvgIpc) is 3.07. The molecule has 232 valence electrons. The van der Waals surface area contributed by atoms with Crippen molar-refractivity contribution in [2.45, 2.75) is 45.1 Å². The van der Waals surface area contributed by atoms with Crippen molar-refractivity contribution in [3.8, 4) is 5.75 Å². The second-order valence-electron chi connectivity index (χ2n) is 12.6. The summed E-state index contributed by atoms with van der Waals surface area (Å²) in [6, 6.07) is 46.6. The lowest BCUT2D eigenvalue weighted by Gasteiger charge is -2.43. The summed E-state index contributed by atoms with van der Waals surface area (Å²) in [5.74, 6) is 0.663. The molecular weight excluding hydrogens is 606 g/mol. The summed E-state index contributed by atoms with van der Waals surface area (Å²) in [5.41, 5.74) is 4.19. The van der Waals surface area contributed by atoms with Crippen molar-refractivity contribution in [2.75, 3.05) is 0 Å². The molecule has 5 aromatic carbocycles. The number of hydrogen-bond acceptors (Lipinski definition) is 4. The molecule has 46 heavy (non-hydrogen) atoms. The van der Waals surface area contributed by atoms with E-state index in [0.717, 1.165) is 33.3 Å². The molecule has 0 amide bonds. The number of hydrogen-bond donors (Lipinski definition) is 1. The second kappa shape index (κ2) is 13.6. The zero-order valence-electron chi connectivity index (χ0n) is 26.4. The molecule has 1 unspecified atom stereocenters. The van der Waals surface area contributed by atoms with Crippen LogP contribution in [0.2, 0.25) is 10.1 Å². The predicted octanol–water partition coefficient (Wildman–Crippen LogP) is 8.63. The fourth-order valence-electron chi connectivity index (χ4n) is 6.14. The van der Waals surface area contributed by atoms with Gasteiger partial charge in [-0.3, -0.25) is 0 Å². The molecule has 1 aromatic heterocycles. The highest BCUT2D eigenvalue weighted by atomic mass is 35.5. The predicted molar refractivity (Wildman–Crippen MR) is 190 cm³/mol. The van der Waals surface area contributed by atoms with Gasteiger partial charge in [-0.1, -0.05) is 142 Å². The number of benzene rings is 5. The van der Waals surface area contributed by atoms with Crippen LogP contribution < -0.4 is 15.1 Å². The van der Waals surface area contributed by atoms with Crippen molar-refractivity contribution >= 4 is 41.2 Å². The summed E-state index contributed by atoms with van der Waals surface area (Å²) >= 11 is 6.16. The number of ether oxygens (including phenoxy) is 1. The highest BCUT2D eigenvalue weighted by Gasteiger charge is 2.50. The number of nitrogens with zero attached hydrogens (tertiary/aromatic N) is 1. The van der Waals surface area contributed by atoms with Gasteiger partial charge in [0.25, 0.3) is 8.32 Å². The molecule has 4 nitrogen and oxygen atoms in total. The zero-order chi connectivity index (χ0) is 32.1. The van der Waals surface area contributed by atoms with E-state index in [2.05, 4.69) is 92.5 Å². The van der Waals surface area contributed by atoms with Crippen LogP contribution in [0.1, 0.15) is 49.3 Å². The monoisotopic (exact) mass is 643 g/mol. The Kier molecular flexibility index (Phi) is 9.38. The molecule has 1 atom stereocenters. The fraction of sp³-hybridized carbons (Fsp3) is 0.175. The summed E-state index contributed by atoms with van der Waals surface area (Å²) in [4.78, 5) is 4.69. The van der Waals surface area contributed by atoms with Crippen LogP contribution >= 0.6 is 11.6 Å². The maximum absolute atomic E-state index is 11.5. The van der Waals surface area contributed by atoms with Crippen LogP contribution in [0.4, 0.5) is 0 Å². The van der Waals surface area contributed by atoms with Crippen molar-refractivity contribution < 1.29 is 14.3 Å². The Morgan fingerprint density at radius 2 is 1.33 bits per heavy atom. The zero-order valence-corrected chi connectivity index (χ0v) is 28.1. The first kappa shape index (κ1) is 31.7. The molecule has 6 rings (SSSR count). The van der Waals surface area contributed by atoms with Gasteiger partial charge in [-0.05, 0) is 62.4 Å². The second-order valence-corrected chi connectivity index (χ2v) is 17.3. The fourth-order valence-corrected chi connectivity index (χ4v) is 10.8. The van der Waals surface area contributed by atoms with Gasteiger partial charge in [0.1, 0.15) is 18.5 Å². The van der Waals surface area contributed by atoms with Gasteiger partial charge in [0.15, 0.2) is 0 Å². The van der Waals surface area contributed by atoms with Gasteiger partial charge in [-0.25, -0.2) is 4.98 Å². The van der Waals surface area contributed by atoms with Gasteiger partial charge >= 0.3 is 0 Å². The van der Waals surface area contributed by atoms with Crippen molar-refractivity contribution in [1.82, 2.24) is 4.98 Å². The Labute approximate surface area is 277 Å². The molecule has 0 radical (unpaired) electrons. The number of halogens is 1. The summed E-state index contributed by atoms with van der Waals surface area (Å²) in [5, 5.41) is 15.5. The lowest BCUT2D eigenvalue weighted by Crippen LogP contribution is -2.66. The highest BCUT2D eigenvalue weighted by molar-refractivity contribution is 6.99. The van der Waals surface area contributed by atoms with Crippen molar-refractivity contribution in [3.05, 3.63) is 167 Å². The van der Waals surface area contributed by atoms with Gasteiger partial charge in [-0.15, -0.1) is 0 Å². The highest BCUT2D eigenvalue weighted by Crippen LogP contribution is 2.37. The summed E-state index contributed by atoms with van der Waals surface area (Å²) < 4.78 is 13.2. The lowest BCUT2D eigenvalue weighted by molar-refractivity contribution is 0.218. The van der Waals surface area contributed by atoms with Gasteiger partial charge in [0.05, 0.1) is 17.8 Å². The first-order chi connectivity index (χ1) is 22.2. The summed E-state index contributed by atoms with van der Waals surface area (Å²) in [6.07, 6.45) is -0.822. The van der Waals surface area contributed by atoms with E-state index in [1.165, 1.54) is 10.4 Å². The van der Waals surface area contributed by atoms with Gasteiger partial charge in [0, 0.05) is 10.4 Å². The van der Waals surface area contributed by atoms with Gasteiger partial charge in [-0.2, -0.15) is 0 Å². The molecule has 6 aromatic rings. The van der Waals surface area contributed by atoms with Crippen LogP contribution in [0.25, 0.3) is 10.9 Å². The largest absolute Gasteiger partial charge is 0.487 e. The SMILES string of the molecule is CC(C)(C)[Si](OCc1cccc(C(O)c2cccc(OCc3ccc4ccc(Cl)cc4n3)c2)c1)(c1ccccc1)c1ccccc1. The third-order valence-electron chi connectivity index (χ3n) is 8.41. The Morgan fingerprint density at radius 3 is 2.00 bits per heavy atom. The van der Waals surface area contributed by atoms with E-state index in [9.17, 15) is 5.11 Å². The smallest absolute Gasteiger partial charge is 0.261 e. The van der Waals surface area contributed by atoms with Crippen LogP contribution in [0.5, 0.6) is 5.75 Å². The molecule has 0 fully saturated rings. The van der Waals surface area contributed by atoms with Crippen molar-refractivity contribution in [2.24, 2.45) is 0 Å². The molecule has 0 aliphatic rings. The summed E-state index contributed by atoms with van der Waals surface area (Å²) in [7, 11) is -2.69. The van der Waals surface area contributed by atoms with Crippen LogP contribution in [0, 0.1) is 0 Å². The molecule has 0 saturated heterocycles. The normalized spacial score (nSPS) is 12.6. The molecule has 0 saturated carbocycles. The third kappa shape index (κ3) is 6.79. The number of fused-ring (bicyclic) bond motifs is 1. The number of rotatable bonds is 10. The maximum Gasteiger partial charge on any atom is 0.261 e. The van der Waals surface area contributed by atoms with E-state index in [1.54, 1.807) is 0 Å². The Hall–Kier alpha value is -4.26. The van der Waals surface area contributed by atoms with E-state index >= 15 is 0 Å². The van der Waals surface area contributed by atoms with Crippen LogP contribution in [0.3, 0.4) is 0 Å². The Balaban J connectivity index is 1.21. The van der Waals surface area contributed by atoms with Crippen LogP contribution in [-0.4, -0.2) is 18.4 Å². The van der Waals surface area contributed by atoms with E-state index < -0.39 is 14.4 Å². The van der Waals surface area contributed by atoms with Crippen LogP contribution in [0.15, 0.2) is 140 Å². The van der Waals surface area contributed by atoms with E-state index in [0.29, 0.717) is 24.0 Å². The molecule has 1 N–H and O–H groups in total. The molecule has 0 aliphatic carbocycles. The van der Waals surface area contributed by atoms with Gasteiger partial charge < -0.3 is 14.3 Å². The number of aliphatic hydroxyl groups excluding tert-OH is 1. The first-order valence-corrected chi connectivity index (χ1v) is 17.8. The van der Waals surface area contributed by atoms with Crippen molar-refractivity contribution in [1.29, 1.82) is 0 Å². The number of pyridine rings is 1. The molecule has 1 heterocycles. The van der Waals surface area contributed by atoms with E-state index in [1.807, 2.05) is 72.8 Å². The average molecular weight is 644 g/mol. The summed E-state index contributed by atoms with van der Waals surface area (Å²) in [6.45, 7) is 7.57. The Morgan fingerprint density at radius 1 is 0.696 bits per heavy atom. The molecule has 0 spiro atoms. The molecule has 6 heteroatoms. The Bertz CT molecular complexity index is 1890. The minimum Gasteiger partial charge on any atom is -0.487 e. The topological polar surface area (TPSA) is 51.6 Å². The van der Waals surface area contributed by atoms with Crippen LogP contribution in [-0.2, 0) is 17.6 Å². The van der Waals surface area contributed by atoms with E-state index in [-0.39, 0.29) is 5.04 Å². The van der Waals surface area contributed by atoms with E-state index in [4.69, 9.17) is 20.8 Å². The number of aliphatic hydroxyl groups is 1. The number of aromatic nitrogens is 1. The molecule has 0 bridgehead atoms. The maximum atomic E-state index is 11.5. The lowest BCUT2D eigenvalue weighted by atomic mass is 10.00. The minimum absolute atomic E-state index is 0.122. The molecule has 0 aliphatic heterocycles. The van der Waals surface area contributed by atoms with Gasteiger partial charge in [0.2, 0.25) is 0 Å².